The molecule has 6 heteroatoms. The van der Waals surface area contributed by atoms with Gasteiger partial charge in [-0.2, -0.15) is 4.98 Å². The molecule has 3 heterocycles. The van der Waals surface area contributed by atoms with Crippen molar-refractivity contribution in [1.82, 2.24) is 14.9 Å². The maximum absolute atomic E-state index is 5.82. The molecule has 3 rings (SSSR count). The lowest BCUT2D eigenvalue weighted by atomic mass is 10.3. The standard InChI is InChI=1S/C12H17N5S/c1-8-7-9-10(14-12(13)15-11(9)18-8)17-5-3-16(2)4-6-17/h7H,3-6H2,1-2H3,(H2,13,14,15). The number of thiophene rings is 1. The molecule has 1 aliphatic heterocycles. The molecule has 1 saturated heterocycles. The number of nitrogens with zero attached hydrogens (tertiary/aromatic N) is 4. The lowest BCUT2D eigenvalue weighted by Gasteiger charge is -2.33. The van der Waals surface area contributed by atoms with Crippen LogP contribution in [0, 0.1) is 6.92 Å². The topological polar surface area (TPSA) is 58.3 Å². The average molecular weight is 263 g/mol. The van der Waals surface area contributed by atoms with Gasteiger partial charge in [-0.3, -0.25) is 0 Å². The van der Waals surface area contributed by atoms with Crippen LogP contribution in [-0.2, 0) is 0 Å². The first-order valence-electron chi connectivity index (χ1n) is 6.10. The van der Waals surface area contributed by atoms with E-state index in [0.717, 1.165) is 42.2 Å². The minimum atomic E-state index is 0.373. The monoisotopic (exact) mass is 263 g/mol. The summed E-state index contributed by atoms with van der Waals surface area (Å²) in [5.41, 5.74) is 5.82. The first-order valence-corrected chi connectivity index (χ1v) is 6.92. The highest BCUT2D eigenvalue weighted by molar-refractivity contribution is 7.18. The molecule has 0 bridgehead atoms. The van der Waals surface area contributed by atoms with Gasteiger partial charge in [0.1, 0.15) is 10.6 Å². The summed E-state index contributed by atoms with van der Waals surface area (Å²) >= 11 is 1.68. The lowest BCUT2D eigenvalue weighted by molar-refractivity contribution is 0.312. The van der Waals surface area contributed by atoms with Crippen molar-refractivity contribution in [2.75, 3.05) is 43.9 Å². The van der Waals surface area contributed by atoms with E-state index >= 15 is 0 Å². The molecule has 1 fully saturated rings. The summed E-state index contributed by atoms with van der Waals surface area (Å²) in [6.07, 6.45) is 0. The van der Waals surface area contributed by atoms with E-state index in [1.165, 1.54) is 4.88 Å². The van der Waals surface area contributed by atoms with Crippen LogP contribution < -0.4 is 10.6 Å². The number of rotatable bonds is 1. The summed E-state index contributed by atoms with van der Waals surface area (Å²) in [5, 5.41) is 1.14. The Morgan fingerprint density at radius 3 is 2.67 bits per heavy atom. The first kappa shape index (κ1) is 11.7. The molecule has 0 amide bonds. The Balaban J connectivity index is 2.04. The van der Waals surface area contributed by atoms with Gasteiger partial charge < -0.3 is 15.5 Å². The highest BCUT2D eigenvalue weighted by Gasteiger charge is 2.19. The van der Waals surface area contributed by atoms with Gasteiger partial charge in [0.2, 0.25) is 5.95 Å². The third kappa shape index (κ3) is 2.02. The van der Waals surface area contributed by atoms with Crippen molar-refractivity contribution >= 4 is 33.3 Å². The van der Waals surface area contributed by atoms with Crippen LogP contribution in [-0.4, -0.2) is 48.1 Å². The Hall–Kier alpha value is -1.40. The van der Waals surface area contributed by atoms with Gasteiger partial charge in [0, 0.05) is 31.1 Å². The second kappa shape index (κ2) is 4.37. The number of aryl methyl sites for hydroxylation is 1. The van der Waals surface area contributed by atoms with Crippen molar-refractivity contribution in [2.45, 2.75) is 6.92 Å². The molecule has 96 valence electrons. The van der Waals surface area contributed by atoms with Crippen molar-refractivity contribution in [1.29, 1.82) is 0 Å². The van der Waals surface area contributed by atoms with Crippen LogP contribution in [0.3, 0.4) is 0 Å². The molecule has 1 aliphatic rings. The quantitative estimate of drug-likeness (QED) is 0.841. The molecule has 0 aliphatic carbocycles. The third-order valence-electron chi connectivity index (χ3n) is 3.32. The fraction of sp³-hybridized carbons (Fsp3) is 0.500. The molecular formula is C12H17N5S. The molecule has 18 heavy (non-hydrogen) atoms. The molecule has 0 radical (unpaired) electrons. The van der Waals surface area contributed by atoms with Crippen LogP contribution in [0.1, 0.15) is 4.88 Å². The van der Waals surface area contributed by atoms with E-state index < -0.39 is 0 Å². The summed E-state index contributed by atoms with van der Waals surface area (Å²) in [4.78, 5) is 15.6. The number of hydrogen-bond donors (Lipinski definition) is 1. The number of nitrogens with two attached hydrogens (primary N) is 1. The van der Waals surface area contributed by atoms with E-state index in [4.69, 9.17) is 5.73 Å². The van der Waals surface area contributed by atoms with Crippen LogP contribution in [0.5, 0.6) is 0 Å². The van der Waals surface area contributed by atoms with Gasteiger partial charge in [0.05, 0.1) is 5.39 Å². The number of aromatic nitrogens is 2. The smallest absolute Gasteiger partial charge is 0.223 e. The van der Waals surface area contributed by atoms with Crippen molar-refractivity contribution < 1.29 is 0 Å². The van der Waals surface area contributed by atoms with Crippen LogP contribution in [0.15, 0.2) is 6.07 Å². The molecule has 5 nitrogen and oxygen atoms in total. The number of anilines is 2. The van der Waals surface area contributed by atoms with Gasteiger partial charge in [-0.15, -0.1) is 11.3 Å². The molecule has 2 N–H and O–H groups in total. The number of hydrogen-bond acceptors (Lipinski definition) is 6. The van der Waals surface area contributed by atoms with E-state index in [1.807, 2.05) is 0 Å². The normalized spacial score (nSPS) is 17.6. The number of likely N-dealkylation sites (N-methyl/N-ethyl adjacent to an activating group) is 1. The van der Waals surface area contributed by atoms with Crippen molar-refractivity contribution in [3.05, 3.63) is 10.9 Å². The van der Waals surface area contributed by atoms with Gasteiger partial charge in [0.25, 0.3) is 0 Å². The predicted molar refractivity (Wildman–Crippen MR) is 76.3 cm³/mol. The van der Waals surface area contributed by atoms with E-state index in [-0.39, 0.29) is 0 Å². The molecule has 0 atom stereocenters. The third-order valence-corrected chi connectivity index (χ3v) is 4.26. The Morgan fingerprint density at radius 1 is 1.22 bits per heavy atom. The molecular weight excluding hydrogens is 246 g/mol. The van der Waals surface area contributed by atoms with E-state index in [9.17, 15) is 0 Å². The molecule has 0 saturated carbocycles. The maximum atomic E-state index is 5.82. The fourth-order valence-corrected chi connectivity index (χ4v) is 3.18. The van der Waals surface area contributed by atoms with Crippen LogP contribution >= 0.6 is 11.3 Å². The SMILES string of the molecule is Cc1cc2c(N3CCN(C)CC3)nc(N)nc2s1. The van der Waals surface area contributed by atoms with Gasteiger partial charge in [-0.05, 0) is 20.0 Å². The summed E-state index contributed by atoms with van der Waals surface area (Å²) in [6, 6.07) is 2.16. The molecule has 2 aromatic rings. The largest absolute Gasteiger partial charge is 0.368 e. The summed E-state index contributed by atoms with van der Waals surface area (Å²) in [6.45, 7) is 6.22. The Kier molecular flexibility index (Phi) is 2.83. The molecule has 2 aromatic heterocycles. The minimum absolute atomic E-state index is 0.373. The second-order valence-electron chi connectivity index (χ2n) is 4.77. The minimum Gasteiger partial charge on any atom is -0.368 e. The van der Waals surface area contributed by atoms with Gasteiger partial charge in [0.15, 0.2) is 0 Å². The van der Waals surface area contributed by atoms with Crippen LogP contribution in [0.4, 0.5) is 11.8 Å². The second-order valence-corrected chi connectivity index (χ2v) is 6.01. The number of nitrogen functional groups attached to an aromatic ring is 1. The zero-order chi connectivity index (χ0) is 12.7. The zero-order valence-corrected chi connectivity index (χ0v) is 11.5. The molecule has 0 spiro atoms. The van der Waals surface area contributed by atoms with Gasteiger partial charge in [-0.25, -0.2) is 4.98 Å². The molecule has 0 unspecified atom stereocenters. The van der Waals surface area contributed by atoms with Gasteiger partial charge in [-0.1, -0.05) is 0 Å². The van der Waals surface area contributed by atoms with E-state index in [1.54, 1.807) is 11.3 Å². The Bertz CT molecular complexity index is 571. The first-order chi connectivity index (χ1) is 8.63. The van der Waals surface area contributed by atoms with Crippen molar-refractivity contribution in [2.24, 2.45) is 0 Å². The maximum Gasteiger partial charge on any atom is 0.223 e. The Labute approximate surface area is 110 Å². The fourth-order valence-electron chi connectivity index (χ4n) is 2.30. The summed E-state index contributed by atoms with van der Waals surface area (Å²) in [7, 11) is 2.15. The molecule has 0 aromatic carbocycles. The summed E-state index contributed by atoms with van der Waals surface area (Å²) in [5.74, 6) is 1.37. The van der Waals surface area contributed by atoms with Crippen molar-refractivity contribution in [3.63, 3.8) is 0 Å². The zero-order valence-electron chi connectivity index (χ0n) is 10.7. The van der Waals surface area contributed by atoms with E-state index in [0.29, 0.717) is 5.95 Å². The van der Waals surface area contributed by atoms with Crippen molar-refractivity contribution in [3.8, 4) is 0 Å². The number of piperazine rings is 1. The average Bonchev–Trinajstić information content (AvgIpc) is 2.69. The Morgan fingerprint density at radius 2 is 1.94 bits per heavy atom. The lowest BCUT2D eigenvalue weighted by Crippen LogP contribution is -2.44. The highest BCUT2D eigenvalue weighted by atomic mass is 32.1. The van der Waals surface area contributed by atoms with Crippen LogP contribution in [0.2, 0.25) is 0 Å². The van der Waals surface area contributed by atoms with E-state index in [2.05, 4.69) is 39.8 Å². The summed E-state index contributed by atoms with van der Waals surface area (Å²) < 4.78 is 0. The number of fused-ring (bicyclic) bond motifs is 1. The predicted octanol–water partition coefficient (Wildman–Crippen LogP) is 1.33. The highest BCUT2D eigenvalue weighted by Crippen LogP contribution is 2.31. The van der Waals surface area contributed by atoms with Gasteiger partial charge >= 0.3 is 0 Å². The van der Waals surface area contributed by atoms with Crippen LogP contribution in [0.25, 0.3) is 10.2 Å².